The molecule has 5 nitrogen and oxygen atoms in total. The lowest BCUT2D eigenvalue weighted by atomic mass is 10.2. The molecule has 2 heterocycles. The molecule has 0 spiro atoms. The van der Waals surface area contributed by atoms with Gasteiger partial charge in [0.25, 0.3) is 0 Å². The number of carbonyl (C=O) groups is 1. The van der Waals surface area contributed by atoms with Crippen LogP contribution < -0.4 is 5.32 Å². The van der Waals surface area contributed by atoms with E-state index in [-0.39, 0.29) is 12.0 Å². The maximum atomic E-state index is 11.6. The number of carbonyl (C=O) groups excluding carboxylic acids is 1. The summed E-state index contributed by atoms with van der Waals surface area (Å²) in [4.78, 5) is 15.6. The maximum absolute atomic E-state index is 11.6. The second-order valence-electron chi connectivity index (χ2n) is 4.30. The molecule has 1 aromatic rings. The van der Waals surface area contributed by atoms with E-state index < -0.39 is 0 Å². The van der Waals surface area contributed by atoms with Gasteiger partial charge in [0.05, 0.1) is 6.33 Å². The molecule has 0 aromatic carbocycles. The van der Waals surface area contributed by atoms with Crippen molar-refractivity contribution in [1.29, 1.82) is 0 Å². The van der Waals surface area contributed by atoms with Gasteiger partial charge in [0.15, 0.2) is 0 Å². The molecule has 0 bridgehead atoms. The molecule has 1 aliphatic heterocycles. The van der Waals surface area contributed by atoms with E-state index >= 15 is 0 Å². The van der Waals surface area contributed by atoms with Crippen LogP contribution in [0.25, 0.3) is 0 Å². The number of rotatable bonds is 6. The summed E-state index contributed by atoms with van der Waals surface area (Å²) in [5.41, 5.74) is 0. The number of nitrogens with one attached hydrogen (secondary N) is 1. The first-order valence-corrected chi connectivity index (χ1v) is 6.21. The molecule has 1 amide bonds. The molecule has 1 aromatic heterocycles. The molecule has 5 heteroatoms. The summed E-state index contributed by atoms with van der Waals surface area (Å²) < 4.78 is 7.35. The van der Waals surface area contributed by atoms with Gasteiger partial charge in [0.1, 0.15) is 6.10 Å². The Kier molecular flexibility index (Phi) is 4.55. The van der Waals surface area contributed by atoms with E-state index in [1.165, 1.54) is 0 Å². The van der Waals surface area contributed by atoms with E-state index in [2.05, 4.69) is 10.3 Å². The molecule has 0 saturated carbocycles. The highest BCUT2D eigenvalue weighted by Crippen LogP contribution is 2.11. The highest BCUT2D eigenvalue weighted by Gasteiger charge is 2.22. The fourth-order valence-electron chi connectivity index (χ4n) is 1.95. The van der Waals surface area contributed by atoms with E-state index in [0.717, 1.165) is 45.4 Å². The monoisotopic (exact) mass is 237 g/mol. The van der Waals surface area contributed by atoms with Gasteiger partial charge in [-0.3, -0.25) is 4.79 Å². The Morgan fingerprint density at radius 3 is 3.18 bits per heavy atom. The van der Waals surface area contributed by atoms with Crippen LogP contribution in [0.2, 0.25) is 0 Å². The molecule has 2 rings (SSSR count). The number of aryl methyl sites for hydroxylation is 1. The van der Waals surface area contributed by atoms with Crippen LogP contribution in [0.15, 0.2) is 18.7 Å². The number of aromatic nitrogens is 2. The number of unbranched alkanes of at least 4 members (excludes halogenated alkanes) is 1. The molecule has 17 heavy (non-hydrogen) atoms. The maximum Gasteiger partial charge on any atom is 0.249 e. The summed E-state index contributed by atoms with van der Waals surface area (Å²) in [5, 5.41) is 2.92. The minimum absolute atomic E-state index is 0.0464. The highest BCUT2D eigenvalue weighted by molar-refractivity contribution is 5.80. The van der Waals surface area contributed by atoms with Crippen molar-refractivity contribution in [3.8, 4) is 0 Å². The lowest BCUT2D eigenvalue weighted by molar-refractivity contribution is -0.130. The second kappa shape index (κ2) is 6.39. The average Bonchev–Trinajstić information content (AvgIpc) is 3.01. The van der Waals surface area contributed by atoms with Crippen molar-refractivity contribution in [2.45, 2.75) is 38.3 Å². The lowest BCUT2D eigenvalue weighted by Gasteiger charge is -2.10. The number of imidazole rings is 1. The molecular weight excluding hydrogens is 218 g/mol. The molecular formula is C12H19N3O2. The van der Waals surface area contributed by atoms with E-state index in [4.69, 9.17) is 4.74 Å². The normalized spacial score (nSPS) is 19.4. The van der Waals surface area contributed by atoms with Gasteiger partial charge in [-0.1, -0.05) is 0 Å². The van der Waals surface area contributed by atoms with Gasteiger partial charge in [0, 0.05) is 32.1 Å². The van der Waals surface area contributed by atoms with Crippen LogP contribution in [0.4, 0.5) is 0 Å². The number of hydrogen-bond acceptors (Lipinski definition) is 3. The highest BCUT2D eigenvalue weighted by atomic mass is 16.5. The lowest BCUT2D eigenvalue weighted by Crippen LogP contribution is -2.34. The summed E-state index contributed by atoms with van der Waals surface area (Å²) in [6.45, 7) is 2.40. The van der Waals surface area contributed by atoms with E-state index in [1.807, 2.05) is 17.1 Å². The Hall–Kier alpha value is -1.36. The Morgan fingerprint density at radius 1 is 1.53 bits per heavy atom. The topological polar surface area (TPSA) is 56.2 Å². The minimum atomic E-state index is -0.205. The van der Waals surface area contributed by atoms with Crippen molar-refractivity contribution in [2.24, 2.45) is 0 Å². The molecule has 1 atom stereocenters. The van der Waals surface area contributed by atoms with Gasteiger partial charge in [-0.15, -0.1) is 0 Å². The molecule has 1 aliphatic rings. The van der Waals surface area contributed by atoms with Crippen molar-refractivity contribution >= 4 is 5.91 Å². The number of ether oxygens (including phenoxy) is 1. The van der Waals surface area contributed by atoms with Crippen LogP contribution in [0.5, 0.6) is 0 Å². The Bertz CT molecular complexity index is 332. The van der Waals surface area contributed by atoms with Crippen LogP contribution in [0.1, 0.15) is 25.7 Å². The number of nitrogens with zero attached hydrogens (tertiary/aromatic N) is 2. The summed E-state index contributed by atoms with van der Waals surface area (Å²) >= 11 is 0. The first-order valence-electron chi connectivity index (χ1n) is 6.21. The molecule has 94 valence electrons. The second-order valence-corrected chi connectivity index (χ2v) is 4.30. The first-order chi connectivity index (χ1) is 8.36. The van der Waals surface area contributed by atoms with E-state index in [0.29, 0.717) is 0 Å². The zero-order valence-electron chi connectivity index (χ0n) is 9.97. The van der Waals surface area contributed by atoms with Crippen molar-refractivity contribution in [2.75, 3.05) is 13.2 Å². The minimum Gasteiger partial charge on any atom is -0.368 e. The van der Waals surface area contributed by atoms with Crippen LogP contribution >= 0.6 is 0 Å². The van der Waals surface area contributed by atoms with Gasteiger partial charge >= 0.3 is 0 Å². The van der Waals surface area contributed by atoms with Gasteiger partial charge in [-0.2, -0.15) is 0 Å². The molecule has 1 fully saturated rings. The number of hydrogen-bond donors (Lipinski definition) is 1. The van der Waals surface area contributed by atoms with Crippen molar-refractivity contribution in [3.05, 3.63) is 18.7 Å². The molecule has 1 unspecified atom stereocenters. The Balaban J connectivity index is 1.52. The summed E-state index contributed by atoms with van der Waals surface area (Å²) in [6, 6.07) is 0. The molecule has 0 aliphatic carbocycles. The van der Waals surface area contributed by atoms with Crippen LogP contribution in [0, 0.1) is 0 Å². The van der Waals surface area contributed by atoms with Crippen LogP contribution in [-0.4, -0.2) is 34.7 Å². The summed E-state index contributed by atoms with van der Waals surface area (Å²) in [6.07, 6.45) is 9.22. The molecule has 1 N–H and O–H groups in total. The van der Waals surface area contributed by atoms with Gasteiger partial charge in [-0.25, -0.2) is 4.98 Å². The van der Waals surface area contributed by atoms with Gasteiger partial charge in [-0.05, 0) is 25.7 Å². The van der Waals surface area contributed by atoms with Crippen LogP contribution in [0.3, 0.4) is 0 Å². The molecule has 1 saturated heterocycles. The van der Waals surface area contributed by atoms with E-state index in [9.17, 15) is 4.79 Å². The smallest absolute Gasteiger partial charge is 0.249 e. The quantitative estimate of drug-likeness (QED) is 0.750. The fourth-order valence-corrected chi connectivity index (χ4v) is 1.95. The fraction of sp³-hybridized carbons (Fsp3) is 0.667. The Labute approximate surface area is 101 Å². The van der Waals surface area contributed by atoms with Crippen LogP contribution in [-0.2, 0) is 16.1 Å². The van der Waals surface area contributed by atoms with Crippen molar-refractivity contribution < 1.29 is 9.53 Å². The van der Waals surface area contributed by atoms with E-state index in [1.54, 1.807) is 6.20 Å². The largest absolute Gasteiger partial charge is 0.368 e. The van der Waals surface area contributed by atoms with Crippen molar-refractivity contribution in [1.82, 2.24) is 14.9 Å². The molecule has 0 radical (unpaired) electrons. The zero-order valence-corrected chi connectivity index (χ0v) is 9.97. The summed E-state index contributed by atoms with van der Waals surface area (Å²) in [7, 11) is 0. The zero-order chi connectivity index (χ0) is 11.9. The first kappa shape index (κ1) is 12.1. The summed E-state index contributed by atoms with van der Waals surface area (Å²) in [5.74, 6) is 0.0464. The SMILES string of the molecule is O=C(NCCCCn1ccnc1)C1CCCO1. The van der Waals surface area contributed by atoms with Gasteiger partial charge in [0.2, 0.25) is 5.91 Å². The standard InChI is InChI=1S/C12H19N3O2/c16-12(11-4-3-9-17-11)14-5-1-2-7-15-8-6-13-10-15/h6,8,10-11H,1-5,7,9H2,(H,14,16). The van der Waals surface area contributed by atoms with Crippen molar-refractivity contribution in [3.63, 3.8) is 0 Å². The number of amides is 1. The Morgan fingerprint density at radius 2 is 2.47 bits per heavy atom. The third kappa shape index (κ3) is 3.85. The predicted octanol–water partition coefficient (Wildman–Crippen LogP) is 0.958. The average molecular weight is 237 g/mol. The third-order valence-corrected chi connectivity index (χ3v) is 2.92. The third-order valence-electron chi connectivity index (χ3n) is 2.92. The predicted molar refractivity (Wildman–Crippen MR) is 63.4 cm³/mol. The van der Waals surface area contributed by atoms with Gasteiger partial charge < -0.3 is 14.6 Å².